The van der Waals surface area contributed by atoms with Crippen molar-refractivity contribution in [2.75, 3.05) is 0 Å². The van der Waals surface area contributed by atoms with E-state index in [0.717, 1.165) is 6.08 Å². The third-order valence-corrected chi connectivity index (χ3v) is 1.29. The topological polar surface area (TPSA) is 39.2 Å². The standard InChI is InChI=1S/C10H7NO2/c1-3-8-6-5-7-11-10(8)13-9(12)4-2/h1,4-7H,2H2. The quantitative estimate of drug-likeness (QED) is 0.382. The molecule has 0 aromatic carbocycles. The average molecular weight is 173 g/mol. The SMILES string of the molecule is C#Cc1cccnc1OC(=O)C=C. The van der Waals surface area contributed by atoms with Crippen LogP contribution in [0.2, 0.25) is 0 Å². The Kier molecular flexibility index (Phi) is 2.82. The molecule has 0 aliphatic carbocycles. The number of terminal acetylenes is 1. The molecule has 0 N–H and O–H groups in total. The Morgan fingerprint density at radius 3 is 3.15 bits per heavy atom. The summed E-state index contributed by atoms with van der Waals surface area (Å²) in [4.78, 5) is 14.6. The Labute approximate surface area is 76.1 Å². The number of hydrogen-bond donors (Lipinski definition) is 0. The van der Waals surface area contributed by atoms with Gasteiger partial charge >= 0.3 is 5.97 Å². The minimum atomic E-state index is -0.574. The van der Waals surface area contributed by atoms with Crippen molar-refractivity contribution in [3.63, 3.8) is 0 Å². The van der Waals surface area contributed by atoms with Gasteiger partial charge in [-0.1, -0.05) is 12.5 Å². The molecular formula is C10H7NO2. The predicted octanol–water partition coefficient (Wildman–Crippen LogP) is 1.15. The van der Waals surface area contributed by atoms with E-state index in [9.17, 15) is 4.79 Å². The van der Waals surface area contributed by atoms with Crippen LogP contribution < -0.4 is 4.74 Å². The van der Waals surface area contributed by atoms with E-state index in [0.29, 0.717) is 5.56 Å². The number of aromatic nitrogens is 1. The second-order valence-corrected chi connectivity index (χ2v) is 2.13. The van der Waals surface area contributed by atoms with Crippen molar-refractivity contribution < 1.29 is 9.53 Å². The van der Waals surface area contributed by atoms with Crippen molar-refractivity contribution in [3.05, 3.63) is 36.5 Å². The van der Waals surface area contributed by atoms with E-state index in [2.05, 4.69) is 17.5 Å². The first-order valence-corrected chi connectivity index (χ1v) is 3.54. The maximum absolute atomic E-state index is 10.8. The van der Waals surface area contributed by atoms with Crippen LogP contribution in [0, 0.1) is 12.3 Å². The number of nitrogens with zero attached hydrogens (tertiary/aromatic N) is 1. The molecule has 0 unspecified atom stereocenters. The molecule has 0 aliphatic rings. The molecule has 1 aromatic heterocycles. The molecule has 3 heteroatoms. The minimum Gasteiger partial charge on any atom is -0.403 e. The Balaban J connectivity index is 2.95. The molecule has 0 saturated carbocycles. The lowest BCUT2D eigenvalue weighted by atomic mass is 10.3. The predicted molar refractivity (Wildman–Crippen MR) is 48.0 cm³/mol. The van der Waals surface area contributed by atoms with Crippen molar-refractivity contribution in [2.45, 2.75) is 0 Å². The highest BCUT2D eigenvalue weighted by molar-refractivity contribution is 5.83. The van der Waals surface area contributed by atoms with Crippen LogP contribution in [-0.2, 0) is 4.79 Å². The van der Waals surface area contributed by atoms with Gasteiger partial charge in [-0.2, -0.15) is 0 Å². The Morgan fingerprint density at radius 2 is 2.54 bits per heavy atom. The highest BCUT2D eigenvalue weighted by Crippen LogP contribution is 2.12. The summed E-state index contributed by atoms with van der Waals surface area (Å²) < 4.78 is 4.77. The molecule has 0 fully saturated rings. The number of carbonyl (C=O) groups is 1. The van der Waals surface area contributed by atoms with Gasteiger partial charge in [-0.15, -0.1) is 6.42 Å². The third kappa shape index (κ3) is 2.17. The van der Waals surface area contributed by atoms with Crippen molar-refractivity contribution in [2.24, 2.45) is 0 Å². The first kappa shape index (κ1) is 9.01. The van der Waals surface area contributed by atoms with Gasteiger partial charge in [-0.3, -0.25) is 0 Å². The summed E-state index contributed by atoms with van der Waals surface area (Å²) in [5.74, 6) is 1.91. The molecule has 1 rings (SSSR count). The lowest BCUT2D eigenvalue weighted by Crippen LogP contribution is -2.05. The summed E-state index contributed by atoms with van der Waals surface area (Å²) in [6.07, 6.45) is 7.70. The molecule has 13 heavy (non-hydrogen) atoms. The molecular weight excluding hydrogens is 166 g/mol. The molecule has 3 nitrogen and oxygen atoms in total. The van der Waals surface area contributed by atoms with E-state index in [-0.39, 0.29) is 5.88 Å². The molecule has 0 amide bonds. The van der Waals surface area contributed by atoms with Gasteiger partial charge in [0.05, 0.1) is 5.56 Å². The van der Waals surface area contributed by atoms with Gasteiger partial charge in [0.1, 0.15) is 0 Å². The molecule has 0 aliphatic heterocycles. The summed E-state index contributed by atoms with van der Waals surface area (Å²) in [5, 5.41) is 0. The number of hydrogen-bond acceptors (Lipinski definition) is 3. The first-order valence-electron chi connectivity index (χ1n) is 3.54. The second-order valence-electron chi connectivity index (χ2n) is 2.13. The van der Waals surface area contributed by atoms with E-state index < -0.39 is 5.97 Å². The summed E-state index contributed by atoms with van der Waals surface area (Å²) in [5.41, 5.74) is 0.442. The first-order chi connectivity index (χ1) is 6.27. The van der Waals surface area contributed by atoms with E-state index in [1.54, 1.807) is 12.1 Å². The average Bonchev–Trinajstić information content (AvgIpc) is 2.18. The smallest absolute Gasteiger partial charge is 0.336 e. The molecule has 0 bridgehead atoms. The van der Waals surface area contributed by atoms with Crippen LogP contribution in [0.5, 0.6) is 5.88 Å². The minimum absolute atomic E-state index is 0.134. The van der Waals surface area contributed by atoms with Gasteiger partial charge in [-0.05, 0) is 12.1 Å². The largest absolute Gasteiger partial charge is 0.403 e. The third-order valence-electron chi connectivity index (χ3n) is 1.29. The van der Waals surface area contributed by atoms with E-state index in [1.807, 2.05) is 0 Å². The fraction of sp³-hybridized carbons (Fsp3) is 0. The number of esters is 1. The van der Waals surface area contributed by atoms with Gasteiger partial charge in [0.15, 0.2) is 0 Å². The Bertz CT molecular complexity index is 377. The van der Waals surface area contributed by atoms with E-state index in [1.165, 1.54) is 6.20 Å². The van der Waals surface area contributed by atoms with E-state index >= 15 is 0 Å². The molecule has 0 saturated heterocycles. The second kappa shape index (κ2) is 4.07. The highest BCUT2D eigenvalue weighted by Gasteiger charge is 2.04. The van der Waals surface area contributed by atoms with Crippen molar-refractivity contribution >= 4 is 5.97 Å². The summed E-state index contributed by atoms with van der Waals surface area (Å²) >= 11 is 0. The summed E-state index contributed by atoms with van der Waals surface area (Å²) in [7, 11) is 0. The number of rotatable bonds is 2. The monoisotopic (exact) mass is 173 g/mol. The van der Waals surface area contributed by atoms with E-state index in [4.69, 9.17) is 11.2 Å². The highest BCUT2D eigenvalue weighted by atomic mass is 16.5. The van der Waals surface area contributed by atoms with Crippen LogP contribution in [-0.4, -0.2) is 11.0 Å². The van der Waals surface area contributed by atoms with Crippen LogP contribution in [0.25, 0.3) is 0 Å². The Morgan fingerprint density at radius 1 is 1.77 bits per heavy atom. The lowest BCUT2D eigenvalue weighted by Gasteiger charge is -2.00. The normalized spacial score (nSPS) is 8.54. The van der Waals surface area contributed by atoms with Gasteiger partial charge in [0.2, 0.25) is 5.88 Å². The molecule has 0 atom stereocenters. The van der Waals surface area contributed by atoms with Crippen LogP contribution in [0.3, 0.4) is 0 Å². The molecule has 0 radical (unpaired) electrons. The van der Waals surface area contributed by atoms with Gasteiger partial charge in [-0.25, -0.2) is 9.78 Å². The summed E-state index contributed by atoms with van der Waals surface area (Å²) in [6, 6.07) is 3.30. The van der Waals surface area contributed by atoms with Crippen molar-refractivity contribution in [3.8, 4) is 18.2 Å². The maximum Gasteiger partial charge on any atom is 0.336 e. The Hall–Kier alpha value is -2.08. The van der Waals surface area contributed by atoms with Crippen LogP contribution in [0.15, 0.2) is 31.0 Å². The van der Waals surface area contributed by atoms with Crippen LogP contribution in [0.4, 0.5) is 0 Å². The van der Waals surface area contributed by atoms with Gasteiger partial charge in [0, 0.05) is 12.3 Å². The fourth-order valence-electron chi connectivity index (χ4n) is 0.719. The maximum atomic E-state index is 10.8. The molecule has 1 heterocycles. The van der Waals surface area contributed by atoms with Crippen molar-refractivity contribution in [1.82, 2.24) is 4.98 Å². The summed E-state index contributed by atoms with van der Waals surface area (Å²) in [6.45, 7) is 3.26. The van der Waals surface area contributed by atoms with Crippen LogP contribution in [0.1, 0.15) is 5.56 Å². The fourth-order valence-corrected chi connectivity index (χ4v) is 0.719. The lowest BCUT2D eigenvalue weighted by molar-refractivity contribution is -0.129. The zero-order valence-corrected chi connectivity index (χ0v) is 6.86. The van der Waals surface area contributed by atoms with Gasteiger partial charge < -0.3 is 4.74 Å². The zero-order chi connectivity index (χ0) is 9.68. The number of pyridine rings is 1. The molecule has 1 aromatic rings. The zero-order valence-electron chi connectivity index (χ0n) is 6.86. The number of ether oxygens (including phenoxy) is 1. The van der Waals surface area contributed by atoms with Crippen LogP contribution >= 0.6 is 0 Å². The molecule has 64 valence electrons. The molecule has 0 spiro atoms. The van der Waals surface area contributed by atoms with Crippen molar-refractivity contribution in [1.29, 1.82) is 0 Å². The number of carbonyl (C=O) groups excluding carboxylic acids is 1. The van der Waals surface area contributed by atoms with Gasteiger partial charge in [0.25, 0.3) is 0 Å².